The molecule has 2 heterocycles. The monoisotopic (exact) mass is 292 g/mol. The van der Waals surface area contributed by atoms with Crippen LogP contribution in [0, 0.1) is 5.92 Å². The van der Waals surface area contributed by atoms with Crippen LogP contribution in [0.25, 0.3) is 5.69 Å². The minimum Gasteiger partial charge on any atom is -0.352 e. The summed E-state index contributed by atoms with van der Waals surface area (Å²) in [7, 11) is 0. The van der Waals surface area contributed by atoms with Gasteiger partial charge in [0.1, 0.15) is 0 Å². The van der Waals surface area contributed by atoms with E-state index in [-0.39, 0.29) is 18.3 Å². The molecule has 0 atom stereocenters. The summed E-state index contributed by atoms with van der Waals surface area (Å²) < 4.78 is 1.77. The predicted octanol–water partition coefficient (Wildman–Crippen LogP) is 1.24. The average molecular weight is 293 g/mol. The highest BCUT2D eigenvalue weighted by Crippen LogP contribution is 2.09. The molecule has 0 spiro atoms. The molecule has 1 aromatic heterocycles. The molecule has 1 saturated heterocycles. The molecule has 0 bridgehead atoms. The zero-order chi connectivity index (χ0) is 13.1. The molecule has 0 aliphatic carbocycles. The lowest BCUT2D eigenvalue weighted by molar-refractivity contribution is 0.0942. The van der Waals surface area contributed by atoms with Gasteiger partial charge in [0.15, 0.2) is 0 Å². The largest absolute Gasteiger partial charge is 0.352 e. The van der Waals surface area contributed by atoms with E-state index in [2.05, 4.69) is 15.7 Å². The second-order valence-electron chi connectivity index (χ2n) is 4.73. The van der Waals surface area contributed by atoms with Crippen LogP contribution in [-0.2, 0) is 0 Å². The maximum Gasteiger partial charge on any atom is 0.251 e. The van der Waals surface area contributed by atoms with Gasteiger partial charge in [-0.1, -0.05) is 0 Å². The number of nitrogens with one attached hydrogen (secondary N) is 2. The summed E-state index contributed by atoms with van der Waals surface area (Å²) in [6.07, 6.45) is 3.60. The van der Waals surface area contributed by atoms with E-state index in [9.17, 15) is 4.79 Å². The van der Waals surface area contributed by atoms with Crippen molar-refractivity contribution in [1.29, 1.82) is 0 Å². The Bertz CT molecular complexity index is 549. The van der Waals surface area contributed by atoms with E-state index in [4.69, 9.17) is 0 Å². The Morgan fingerprint density at radius 2 is 2.10 bits per heavy atom. The van der Waals surface area contributed by atoms with Crippen molar-refractivity contribution in [3.8, 4) is 5.69 Å². The van der Waals surface area contributed by atoms with Gasteiger partial charge >= 0.3 is 0 Å². The first-order chi connectivity index (χ1) is 9.33. The van der Waals surface area contributed by atoms with Gasteiger partial charge in [-0.3, -0.25) is 4.79 Å². The van der Waals surface area contributed by atoms with Gasteiger partial charge in [0, 0.05) is 43.5 Å². The summed E-state index contributed by atoms with van der Waals surface area (Å²) in [4.78, 5) is 11.9. The van der Waals surface area contributed by atoms with Crippen LogP contribution < -0.4 is 10.6 Å². The lowest BCUT2D eigenvalue weighted by atomic mass is 10.0. The van der Waals surface area contributed by atoms with Crippen molar-refractivity contribution in [2.75, 3.05) is 19.6 Å². The molecule has 0 saturated carbocycles. The third kappa shape index (κ3) is 3.18. The number of halogens is 1. The van der Waals surface area contributed by atoms with E-state index in [1.807, 2.05) is 36.5 Å². The van der Waals surface area contributed by atoms with Crippen molar-refractivity contribution in [3.63, 3.8) is 0 Å². The standard InChI is InChI=1S/C14H16N4O.ClH/c19-14(16-10-11-8-15-9-11)12-2-4-13(5-3-12)18-7-1-6-17-18;/h1-7,11,15H,8-10H2,(H,16,19);1H. The van der Waals surface area contributed by atoms with E-state index in [1.54, 1.807) is 10.9 Å². The molecule has 106 valence electrons. The Hall–Kier alpha value is -1.85. The molecule has 0 unspecified atom stereocenters. The number of nitrogens with zero attached hydrogens (tertiary/aromatic N) is 2. The van der Waals surface area contributed by atoms with Gasteiger partial charge in [-0.25, -0.2) is 4.68 Å². The molecule has 1 aliphatic heterocycles. The quantitative estimate of drug-likeness (QED) is 0.891. The van der Waals surface area contributed by atoms with E-state index in [0.717, 1.165) is 25.3 Å². The summed E-state index contributed by atoms with van der Waals surface area (Å²) >= 11 is 0. The minimum absolute atomic E-state index is 0. The van der Waals surface area contributed by atoms with Gasteiger partial charge in [-0.05, 0) is 30.3 Å². The average Bonchev–Trinajstić information content (AvgIpc) is 2.91. The van der Waals surface area contributed by atoms with Crippen LogP contribution >= 0.6 is 12.4 Å². The molecule has 1 amide bonds. The highest BCUT2D eigenvalue weighted by Gasteiger charge is 2.17. The summed E-state index contributed by atoms with van der Waals surface area (Å²) in [6, 6.07) is 9.31. The number of hydrogen-bond acceptors (Lipinski definition) is 3. The van der Waals surface area contributed by atoms with Crippen LogP contribution in [0.1, 0.15) is 10.4 Å². The number of hydrogen-bond donors (Lipinski definition) is 2. The van der Waals surface area contributed by atoms with Gasteiger partial charge in [-0.2, -0.15) is 5.10 Å². The van der Waals surface area contributed by atoms with Gasteiger partial charge in [0.05, 0.1) is 5.69 Å². The van der Waals surface area contributed by atoms with Crippen molar-refractivity contribution in [2.24, 2.45) is 5.92 Å². The second-order valence-corrected chi connectivity index (χ2v) is 4.73. The van der Waals surface area contributed by atoms with Gasteiger partial charge in [0.25, 0.3) is 5.91 Å². The van der Waals surface area contributed by atoms with Crippen LogP contribution in [0.2, 0.25) is 0 Å². The highest BCUT2D eigenvalue weighted by molar-refractivity contribution is 5.94. The number of aromatic nitrogens is 2. The number of amides is 1. The molecular weight excluding hydrogens is 276 g/mol. The van der Waals surface area contributed by atoms with E-state index < -0.39 is 0 Å². The molecule has 5 nitrogen and oxygen atoms in total. The van der Waals surface area contributed by atoms with Crippen molar-refractivity contribution >= 4 is 18.3 Å². The topological polar surface area (TPSA) is 59.0 Å². The Morgan fingerprint density at radius 3 is 2.65 bits per heavy atom. The first kappa shape index (κ1) is 14.6. The molecule has 0 radical (unpaired) electrons. The molecule has 6 heteroatoms. The first-order valence-electron chi connectivity index (χ1n) is 6.42. The third-order valence-corrected chi connectivity index (χ3v) is 3.32. The Labute approximate surface area is 123 Å². The maximum absolute atomic E-state index is 11.9. The van der Waals surface area contributed by atoms with Gasteiger partial charge < -0.3 is 10.6 Å². The summed E-state index contributed by atoms with van der Waals surface area (Å²) in [5.74, 6) is 0.561. The molecule has 1 fully saturated rings. The fourth-order valence-corrected chi connectivity index (χ4v) is 2.02. The van der Waals surface area contributed by atoms with Gasteiger partial charge in [-0.15, -0.1) is 12.4 Å². The summed E-state index contributed by atoms with van der Waals surface area (Å²) in [6.45, 7) is 2.74. The van der Waals surface area contributed by atoms with Crippen LogP contribution in [-0.4, -0.2) is 35.3 Å². The second kappa shape index (κ2) is 6.54. The van der Waals surface area contributed by atoms with Gasteiger partial charge in [0.2, 0.25) is 0 Å². The smallest absolute Gasteiger partial charge is 0.251 e. The van der Waals surface area contributed by atoms with Crippen LogP contribution in [0.4, 0.5) is 0 Å². The van der Waals surface area contributed by atoms with Crippen LogP contribution in [0.3, 0.4) is 0 Å². The number of benzene rings is 1. The van der Waals surface area contributed by atoms with E-state index >= 15 is 0 Å². The lowest BCUT2D eigenvalue weighted by Crippen LogP contribution is -2.48. The van der Waals surface area contributed by atoms with E-state index in [0.29, 0.717) is 11.5 Å². The molecule has 20 heavy (non-hydrogen) atoms. The Kier molecular flexibility index (Phi) is 4.76. The molecule has 2 N–H and O–H groups in total. The maximum atomic E-state index is 11.9. The zero-order valence-corrected chi connectivity index (χ0v) is 11.8. The number of carbonyl (C=O) groups excluding carboxylic acids is 1. The Balaban J connectivity index is 0.00000147. The fourth-order valence-electron chi connectivity index (χ4n) is 2.02. The number of carbonyl (C=O) groups is 1. The Morgan fingerprint density at radius 1 is 1.35 bits per heavy atom. The summed E-state index contributed by atoms with van der Waals surface area (Å²) in [5.41, 5.74) is 1.63. The fraction of sp³-hybridized carbons (Fsp3) is 0.286. The van der Waals surface area contributed by atoms with Crippen molar-refractivity contribution in [1.82, 2.24) is 20.4 Å². The third-order valence-electron chi connectivity index (χ3n) is 3.32. The first-order valence-corrected chi connectivity index (χ1v) is 6.42. The number of rotatable bonds is 4. The SMILES string of the molecule is Cl.O=C(NCC1CNC1)c1ccc(-n2cccn2)cc1. The lowest BCUT2D eigenvalue weighted by Gasteiger charge is -2.27. The minimum atomic E-state index is -0.0149. The van der Waals surface area contributed by atoms with Crippen LogP contribution in [0.5, 0.6) is 0 Å². The van der Waals surface area contributed by atoms with E-state index in [1.165, 1.54) is 0 Å². The molecule has 3 rings (SSSR count). The molecular formula is C14H17ClN4O. The summed E-state index contributed by atoms with van der Waals surface area (Å²) in [5, 5.41) is 10.3. The van der Waals surface area contributed by atoms with Crippen molar-refractivity contribution in [3.05, 3.63) is 48.3 Å². The molecule has 1 aromatic carbocycles. The zero-order valence-electron chi connectivity index (χ0n) is 11.0. The molecule has 1 aliphatic rings. The van der Waals surface area contributed by atoms with Crippen LogP contribution in [0.15, 0.2) is 42.7 Å². The predicted molar refractivity (Wildman–Crippen MR) is 79.5 cm³/mol. The highest BCUT2D eigenvalue weighted by atomic mass is 35.5. The van der Waals surface area contributed by atoms with Crippen molar-refractivity contribution in [2.45, 2.75) is 0 Å². The van der Waals surface area contributed by atoms with Crippen molar-refractivity contribution < 1.29 is 4.79 Å². The normalized spacial score (nSPS) is 14.2. The molecule has 2 aromatic rings.